The van der Waals surface area contributed by atoms with E-state index < -0.39 is 36.5 Å². The van der Waals surface area contributed by atoms with E-state index in [-0.39, 0.29) is 12.0 Å². The molecule has 180 valence electrons. The van der Waals surface area contributed by atoms with Gasteiger partial charge in [0.1, 0.15) is 11.5 Å². The summed E-state index contributed by atoms with van der Waals surface area (Å²) < 4.78 is 60.8. The Kier molecular flexibility index (Phi) is 7.90. The van der Waals surface area contributed by atoms with Crippen LogP contribution in [0.1, 0.15) is 17.2 Å². The van der Waals surface area contributed by atoms with E-state index in [1.807, 2.05) is 0 Å². The van der Waals surface area contributed by atoms with Crippen molar-refractivity contribution < 1.29 is 42.0 Å². The number of alkyl halides is 4. The molecule has 0 radical (unpaired) electrons. The molecule has 11 heteroatoms. The third kappa shape index (κ3) is 6.82. The Hall–Kier alpha value is -3.86. The SMILES string of the molecule is O=C(O)NC(Cc1cccc(OC(F)(F)C(F)F)c1)C(O)c1ccc(Oc2ccccn2)cc1. The van der Waals surface area contributed by atoms with E-state index in [1.165, 1.54) is 24.3 Å². The third-order valence-electron chi connectivity index (χ3n) is 4.63. The fourth-order valence-electron chi connectivity index (χ4n) is 3.09. The minimum Gasteiger partial charge on any atom is -0.465 e. The van der Waals surface area contributed by atoms with Gasteiger partial charge in [0, 0.05) is 12.3 Å². The van der Waals surface area contributed by atoms with Crippen molar-refractivity contribution in [2.45, 2.75) is 31.1 Å². The number of aromatic nitrogens is 1. The van der Waals surface area contributed by atoms with Crippen molar-refractivity contribution in [1.29, 1.82) is 0 Å². The summed E-state index contributed by atoms with van der Waals surface area (Å²) in [6, 6.07) is 15.1. The number of hydrogen-bond donors (Lipinski definition) is 3. The zero-order valence-corrected chi connectivity index (χ0v) is 17.4. The molecule has 0 aliphatic heterocycles. The molecule has 34 heavy (non-hydrogen) atoms. The van der Waals surface area contributed by atoms with E-state index in [1.54, 1.807) is 36.5 Å². The number of halogens is 4. The molecule has 0 aliphatic carbocycles. The van der Waals surface area contributed by atoms with Crippen LogP contribution in [0, 0.1) is 0 Å². The van der Waals surface area contributed by atoms with Crippen molar-refractivity contribution in [2.75, 3.05) is 0 Å². The molecule has 2 aromatic carbocycles. The predicted molar refractivity (Wildman–Crippen MR) is 112 cm³/mol. The molecule has 0 spiro atoms. The van der Waals surface area contributed by atoms with Gasteiger partial charge in [-0.05, 0) is 47.9 Å². The lowest BCUT2D eigenvalue weighted by Crippen LogP contribution is -2.40. The minimum atomic E-state index is -4.68. The second kappa shape index (κ2) is 10.8. The van der Waals surface area contributed by atoms with E-state index >= 15 is 0 Å². The van der Waals surface area contributed by atoms with E-state index in [2.05, 4.69) is 15.0 Å². The van der Waals surface area contributed by atoms with Crippen LogP contribution >= 0.6 is 0 Å². The summed E-state index contributed by atoms with van der Waals surface area (Å²) in [5.41, 5.74) is 0.624. The standard InChI is InChI=1S/C23H20F4N2O5/c24-21(25)23(26,27)34-17-5-3-4-14(12-17)13-18(29-22(31)32)20(30)15-7-9-16(10-8-15)33-19-6-1-2-11-28-19/h1-12,18,20-21,29-30H,13H2,(H,31,32). The monoisotopic (exact) mass is 480 g/mol. The van der Waals surface area contributed by atoms with Crippen molar-refractivity contribution in [3.63, 3.8) is 0 Å². The third-order valence-corrected chi connectivity index (χ3v) is 4.63. The molecule has 3 rings (SSSR count). The van der Waals surface area contributed by atoms with Gasteiger partial charge in [0.2, 0.25) is 5.88 Å². The average molecular weight is 480 g/mol. The average Bonchev–Trinajstić information content (AvgIpc) is 2.79. The number of hydrogen-bond acceptors (Lipinski definition) is 5. The molecule has 0 fully saturated rings. The maximum absolute atomic E-state index is 13.2. The number of benzene rings is 2. The number of carboxylic acid groups (broad SMARTS) is 1. The first-order valence-corrected chi connectivity index (χ1v) is 9.94. The first-order valence-electron chi connectivity index (χ1n) is 9.94. The number of pyridine rings is 1. The van der Waals surface area contributed by atoms with Crippen LogP contribution in [0.4, 0.5) is 22.4 Å². The Morgan fingerprint density at radius 3 is 2.38 bits per heavy atom. The van der Waals surface area contributed by atoms with Crippen LogP contribution in [0.2, 0.25) is 0 Å². The van der Waals surface area contributed by atoms with Gasteiger partial charge < -0.3 is 25.0 Å². The summed E-state index contributed by atoms with van der Waals surface area (Å²) in [4.78, 5) is 15.3. The molecule has 0 saturated carbocycles. The van der Waals surface area contributed by atoms with Crippen LogP contribution in [-0.4, -0.2) is 39.9 Å². The maximum atomic E-state index is 13.2. The van der Waals surface area contributed by atoms with Gasteiger partial charge in [-0.1, -0.05) is 30.3 Å². The highest BCUT2D eigenvalue weighted by Gasteiger charge is 2.44. The topological polar surface area (TPSA) is 101 Å². The van der Waals surface area contributed by atoms with E-state index in [4.69, 9.17) is 4.74 Å². The van der Waals surface area contributed by atoms with Gasteiger partial charge in [-0.15, -0.1) is 0 Å². The normalized spacial score (nSPS) is 13.2. The molecule has 1 amide bonds. The summed E-state index contributed by atoms with van der Waals surface area (Å²) in [7, 11) is 0. The lowest BCUT2D eigenvalue weighted by molar-refractivity contribution is -0.253. The predicted octanol–water partition coefficient (Wildman–Crippen LogP) is 5.02. The number of aliphatic hydroxyl groups excluding tert-OH is 1. The smallest absolute Gasteiger partial charge is 0.461 e. The lowest BCUT2D eigenvalue weighted by atomic mass is 9.96. The largest absolute Gasteiger partial charge is 0.465 e. The van der Waals surface area contributed by atoms with E-state index in [0.717, 1.165) is 12.1 Å². The molecule has 2 unspecified atom stereocenters. The van der Waals surface area contributed by atoms with Gasteiger partial charge in [0.15, 0.2) is 0 Å². The molecule has 0 saturated heterocycles. The van der Waals surface area contributed by atoms with Crippen LogP contribution in [-0.2, 0) is 6.42 Å². The number of carbonyl (C=O) groups is 1. The Labute approximate surface area is 191 Å². The van der Waals surface area contributed by atoms with Crippen molar-refractivity contribution in [3.8, 4) is 17.4 Å². The zero-order chi connectivity index (χ0) is 24.7. The second-order valence-corrected chi connectivity index (χ2v) is 7.16. The summed E-state index contributed by atoms with van der Waals surface area (Å²) >= 11 is 0. The van der Waals surface area contributed by atoms with Crippen LogP contribution < -0.4 is 14.8 Å². The minimum absolute atomic E-state index is 0.142. The quantitative estimate of drug-likeness (QED) is 0.352. The number of nitrogens with one attached hydrogen (secondary N) is 1. The number of amides is 1. The van der Waals surface area contributed by atoms with Crippen LogP contribution in [0.5, 0.6) is 17.4 Å². The van der Waals surface area contributed by atoms with Crippen molar-refractivity contribution in [3.05, 3.63) is 84.1 Å². The molecule has 3 aromatic rings. The molecule has 2 atom stereocenters. The van der Waals surface area contributed by atoms with Crippen molar-refractivity contribution >= 4 is 6.09 Å². The molecular weight excluding hydrogens is 460 g/mol. The van der Waals surface area contributed by atoms with Gasteiger partial charge >= 0.3 is 18.6 Å². The van der Waals surface area contributed by atoms with Gasteiger partial charge in [0.05, 0.1) is 12.1 Å². The van der Waals surface area contributed by atoms with Crippen LogP contribution in [0.3, 0.4) is 0 Å². The molecule has 3 N–H and O–H groups in total. The molecule has 0 aliphatic rings. The van der Waals surface area contributed by atoms with Gasteiger partial charge in [-0.3, -0.25) is 0 Å². The Balaban J connectivity index is 1.74. The van der Waals surface area contributed by atoms with E-state index in [9.17, 15) is 32.6 Å². The summed E-state index contributed by atoms with van der Waals surface area (Å²) in [6.07, 6.45) is -10.0. The summed E-state index contributed by atoms with van der Waals surface area (Å²) in [5, 5.41) is 22.1. The highest BCUT2D eigenvalue weighted by Crippen LogP contribution is 2.29. The maximum Gasteiger partial charge on any atom is 0.461 e. The second-order valence-electron chi connectivity index (χ2n) is 7.16. The number of ether oxygens (including phenoxy) is 2. The first-order chi connectivity index (χ1) is 16.1. The van der Waals surface area contributed by atoms with Crippen LogP contribution in [0.25, 0.3) is 0 Å². The summed E-state index contributed by atoms with van der Waals surface area (Å²) in [5.74, 6) is 0.269. The Morgan fingerprint density at radius 2 is 1.76 bits per heavy atom. The molecular formula is C23H20F4N2O5. The Bertz CT molecular complexity index is 1080. The molecule has 7 nitrogen and oxygen atoms in total. The Morgan fingerprint density at radius 1 is 1.03 bits per heavy atom. The molecule has 1 aromatic heterocycles. The first kappa shape index (κ1) is 24.8. The van der Waals surface area contributed by atoms with Crippen molar-refractivity contribution in [1.82, 2.24) is 10.3 Å². The van der Waals surface area contributed by atoms with Crippen LogP contribution in [0.15, 0.2) is 72.9 Å². The number of aliphatic hydroxyl groups is 1. The van der Waals surface area contributed by atoms with Gasteiger partial charge in [-0.2, -0.15) is 17.6 Å². The fourth-order valence-corrected chi connectivity index (χ4v) is 3.09. The molecule has 1 heterocycles. The highest BCUT2D eigenvalue weighted by atomic mass is 19.3. The van der Waals surface area contributed by atoms with E-state index in [0.29, 0.717) is 17.2 Å². The molecule has 0 bridgehead atoms. The highest BCUT2D eigenvalue weighted by molar-refractivity contribution is 5.65. The van der Waals surface area contributed by atoms with Crippen molar-refractivity contribution in [2.24, 2.45) is 0 Å². The number of rotatable bonds is 10. The summed E-state index contributed by atoms with van der Waals surface area (Å²) in [6.45, 7) is 0. The zero-order valence-electron chi connectivity index (χ0n) is 17.4. The van der Waals surface area contributed by atoms with Gasteiger partial charge in [0.25, 0.3) is 0 Å². The van der Waals surface area contributed by atoms with Gasteiger partial charge in [-0.25, -0.2) is 9.78 Å². The lowest BCUT2D eigenvalue weighted by Gasteiger charge is -2.24. The fraction of sp³-hybridized carbons (Fsp3) is 0.217. The number of nitrogens with zero attached hydrogens (tertiary/aromatic N) is 1.